The van der Waals surface area contributed by atoms with Crippen LogP contribution in [0.5, 0.6) is 0 Å². The Labute approximate surface area is 191 Å². The van der Waals surface area contributed by atoms with Gasteiger partial charge in [-0.15, -0.1) is 0 Å². The number of carbonyl (C=O) groups excluding carboxylic acids is 3. The summed E-state index contributed by atoms with van der Waals surface area (Å²) in [7, 11) is 0. The van der Waals surface area contributed by atoms with Gasteiger partial charge in [-0.2, -0.15) is 0 Å². The number of nitrogens with one attached hydrogen (secondary N) is 1. The zero-order chi connectivity index (χ0) is 22.5. The smallest absolute Gasteiger partial charge is 0.250 e. The first-order chi connectivity index (χ1) is 15.3. The molecule has 0 radical (unpaired) electrons. The quantitative estimate of drug-likeness (QED) is 0.674. The number of halogens is 1. The molecule has 4 aliphatic rings. The van der Waals surface area contributed by atoms with Crippen molar-refractivity contribution in [2.45, 2.75) is 45.2 Å². The Bertz CT molecular complexity index is 1240. The van der Waals surface area contributed by atoms with E-state index in [9.17, 15) is 14.4 Å². The third kappa shape index (κ3) is 2.12. The topological polar surface area (TPSA) is 69.7 Å². The Morgan fingerprint density at radius 1 is 1.03 bits per heavy atom. The van der Waals surface area contributed by atoms with Crippen LogP contribution < -0.4 is 10.2 Å². The zero-order valence-corrected chi connectivity index (χ0v) is 19.0. The molecule has 32 heavy (non-hydrogen) atoms. The Morgan fingerprint density at radius 2 is 1.81 bits per heavy atom. The molecule has 4 atom stereocenters. The summed E-state index contributed by atoms with van der Waals surface area (Å²) in [5, 5.41) is 3.60. The van der Waals surface area contributed by atoms with E-state index in [-0.39, 0.29) is 23.8 Å². The van der Waals surface area contributed by atoms with Gasteiger partial charge in [0.25, 0.3) is 0 Å². The predicted octanol–water partition coefficient (Wildman–Crippen LogP) is 3.70. The van der Waals surface area contributed by atoms with Gasteiger partial charge >= 0.3 is 0 Å². The number of fused-ring (bicyclic) bond motifs is 7. The minimum atomic E-state index is -1.15. The number of amides is 3. The zero-order valence-electron chi connectivity index (χ0n) is 18.2. The average molecular weight is 450 g/mol. The largest absolute Gasteiger partial charge is 0.324 e. The van der Waals surface area contributed by atoms with E-state index >= 15 is 0 Å². The first-order valence-corrected chi connectivity index (χ1v) is 11.5. The van der Waals surface area contributed by atoms with Crippen molar-refractivity contribution >= 4 is 40.7 Å². The van der Waals surface area contributed by atoms with Crippen LogP contribution >= 0.6 is 11.6 Å². The summed E-state index contributed by atoms with van der Waals surface area (Å²) in [4.78, 5) is 45.0. The molecule has 2 aromatic carbocycles. The van der Waals surface area contributed by atoms with E-state index in [1.807, 2.05) is 32.9 Å². The molecular weight excluding hydrogens is 426 g/mol. The fraction of sp³-hybridized carbons (Fsp3) is 0.400. The molecule has 1 spiro atoms. The minimum absolute atomic E-state index is 0.126. The number of anilines is 2. The van der Waals surface area contributed by atoms with E-state index in [4.69, 9.17) is 11.6 Å². The third-order valence-electron chi connectivity index (χ3n) is 8.18. The van der Waals surface area contributed by atoms with E-state index in [1.54, 1.807) is 18.2 Å². The summed E-state index contributed by atoms with van der Waals surface area (Å²) < 4.78 is 0. The lowest BCUT2D eigenvalue weighted by molar-refractivity contribution is -0.135. The number of aryl methyl sites for hydroxylation is 1. The van der Waals surface area contributed by atoms with Crippen molar-refractivity contribution in [1.29, 1.82) is 0 Å². The highest BCUT2D eigenvalue weighted by Gasteiger charge is 2.74. The van der Waals surface area contributed by atoms with Gasteiger partial charge in [0, 0.05) is 22.3 Å². The van der Waals surface area contributed by atoms with Crippen LogP contribution in [0.25, 0.3) is 0 Å². The van der Waals surface area contributed by atoms with Crippen molar-refractivity contribution in [3.8, 4) is 0 Å². The SMILES string of the molecule is Cc1ccc2c(c1C)NC(=O)C21C2C(=O)N(c3cccc(Cl)c3C)C(=O)C2C2CCCN21. The maximum atomic E-state index is 14.0. The number of hydrogen-bond donors (Lipinski definition) is 1. The van der Waals surface area contributed by atoms with Crippen LogP contribution in [0.4, 0.5) is 11.4 Å². The number of hydrogen-bond acceptors (Lipinski definition) is 4. The molecule has 7 heteroatoms. The van der Waals surface area contributed by atoms with Gasteiger partial charge in [-0.3, -0.25) is 19.3 Å². The highest BCUT2D eigenvalue weighted by atomic mass is 35.5. The first kappa shape index (κ1) is 19.9. The van der Waals surface area contributed by atoms with Gasteiger partial charge in [-0.1, -0.05) is 29.8 Å². The second-order valence-electron chi connectivity index (χ2n) is 9.45. The van der Waals surface area contributed by atoms with Gasteiger partial charge in [0.1, 0.15) is 5.54 Å². The van der Waals surface area contributed by atoms with Gasteiger partial charge in [0.05, 0.1) is 17.5 Å². The maximum absolute atomic E-state index is 14.0. The number of rotatable bonds is 1. The van der Waals surface area contributed by atoms with Crippen LogP contribution in [0.15, 0.2) is 30.3 Å². The molecule has 6 nitrogen and oxygen atoms in total. The van der Waals surface area contributed by atoms with Gasteiger partial charge in [0.15, 0.2) is 0 Å². The van der Waals surface area contributed by atoms with Crippen molar-refractivity contribution in [2.24, 2.45) is 11.8 Å². The molecule has 6 rings (SSSR count). The number of imide groups is 1. The van der Waals surface area contributed by atoms with Crippen LogP contribution in [0.1, 0.15) is 35.1 Å². The summed E-state index contributed by atoms with van der Waals surface area (Å²) in [5.74, 6) is -2.00. The average Bonchev–Trinajstić information content (AvgIpc) is 3.46. The van der Waals surface area contributed by atoms with Gasteiger partial charge < -0.3 is 5.32 Å². The predicted molar refractivity (Wildman–Crippen MR) is 122 cm³/mol. The molecule has 0 saturated carbocycles. The Kier molecular flexibility index (Phi) is 4.00. The van der Waals surface area contributed by atoms with E-state index in [2.05, 4.69) is 10.2 Å². The second-order valence-corrected chi connectivity index (χ2v) is 9.86. The van der Waals surface area contributed by atoms with E-state index in [0.717, 1.165) is 35.2 Å². The Balaban J connectivity index is 1.58. The van der Waals surface area contributed by atoms with Crippen LogP contribution in [0, 0.1) is 32.6 Å². The van der Waals surface area contributed by atoms with Crippen molar-refractivity contribution in [3.05, 3.63) is 57.6 Å². The summed E-state index contributed by atoms with van der Waals surface area (Å²) in [6.45, 7) is 6.52. The third-order valence-corrected chi connectivity index (χ3v) is 8.59. The molecule has 1 N–H and O–H groups in total. The van der Waals surface area contributed by atoms with Crippen molar-refractivity contribution in [2.75, 3.05) is 16.8 Å². The van der Waals surface area contributed by atoms with Crippen molar-refractivity contribution in [3.63, 3.8) is 0 Å². The van der Waals surface area contributed by atoms with Crippen molar-refractivity contribution < 1.29 is 14.4 Å². The normalized spacial score (nSPS) is 30.8. The summed E-state index contributed by atoms with van der Waals surface area (Å²) in [6, 6.07) is 9.11. The first-order valence-electron chi connectivity index (χ1n) is 11.1. The van der Waals surface area contributed by atoms with Gasteiger partial charge in [0.2, 0.25) is 17.7 Å². The molecule has 0 bridgehead atoms. The standard InChI is InChI=1S/C25H24ClN3O3/c1-12-9-10-15-21(13(12)2)27-24(32)25(15)20-19(18-8-5-11-28(18)25)22(30)29(23(20)31)17-7-4-6-16(26)14(17)3/h4,6-7,9-10,18-20H,5,8,11H2,1-3H3,(H,27,32). The number of benzene rings is 2. The molecule has 2 aromatic rings. The van der Waals surface area contributed by atoms with E-state index in [0.29, 0.717) is 22.8 Å². The summed E-state index contributed by atoms with van der Waals surface area (Å²) in [6.07, 6.45) is 1.71. The maximum Gasteiger partial charge on any atom is 0.250 e. The monoisotopic (exact) mass is 449 g/mol. The minimum Gasteiger partial charge on any atom is -0.324 e. The molecule has 4 unspecified atom stereocenters. The molecule has 3 fully saturated rings. The number of carbonyl (C=O) groups is 3. The summed E-state index contributed by atoms with van der Waals surface area (Å²) >= 11 is 6.32. The Morgan fingerprint density at radius 3 is 2.59 bits per heavy atom. The van der Waals surface area contributed by atoms with Crippen LogP contribution in [0.2, 0.25) is 5.02 Å². The Hall–Kier alpha value is -2.70. The lowest BCUT2D eigenvalue weighted by Crippen LogP contribution is -2.54. The molecule has 3 amide bonds. The molecular formula is C25H24ClN3O3. The summed E-state index contributed by atoms with van der Waals surface area (Å²) in [5.41, 5.74) is 3.77. The molecule has 4 heterocycles. The molecule has 4 aliphatic heterocycles. The highest BCUT2D eigenvalue weighted by Crippen LogP contribution is 2.61. The molecule has 0 aromatic heterocycles. The fourth-order valence-corrected chi connectivity index (χ4v) is 6.77. The van der Waals surface area contributed by atoms with Crippen LogP contribution in [-0.4, -0.2) is 35.2 Å². The molecule has 3 saturated heterocycles. The lowest BCUT2D eigenvalue weighted by atomic mass is 9.75. The molecule has 0 aliphatic carbocycles. The van der Waals surface area contributed by atoms with Gasteiger partial charge in [-0.05, 0) is 69.0 Å². The van der Waals surface area contributed by atoms with E-state index < -0.39 is 17.4 Å². The van der Waals surface area contributed by atoms with Crippen LogP contribution in [0.3, 0.4) is 0 Å². The fourth-order valence-electron chi connectivity index (χ4n) is 6.60. The number of nitrogens with zero attached hydrogens (tertiary/aromatic N) is 2. The van der Waals surface area contributed by atoms with E-state index in [1.165, 1.54) is 4.90 Å². The lowest BCUT2D eigenvalue weighted by Gasteiger charge is -2.37. The highest BCUT2D eigenvalue weighted by molar-refractivity contribution is 6.32. The molecule has 164 valence electrons. The van der Waals surface area contributed by atoms with Gasteiger partial charge in [-0.25, -0.2) is 4.90 Å². The second kappa shape index (κ2) is 6.42. The van der Waals surface area contributed by atoms with Crippen molar-refractivity contribution in [1.82, 2.24) is 4.90 Å². The van der Waals surface area contributed by atoms with Crippen LogP contribution in [-0.2, 0) is 19.9 Å².